The molecule has 0 bridgehead atoms. The summed E-state index contributed by atoms with van der Waals surface area (Å²) in [5.74, 6) is 0.780. The van der Waals surface area contributed by atoms with Gasteiger partial charge < -0.3 is 10.0 Å². The number of phenolic OH excluding ortho intramolecular Hbond substituents is 1. The summed E-state index contributed by atoms with van der Waals surface area (Å²) in [6, 6.07) is 5.45. The molecule has 1 saturated heterocycles. The van der Waals surface area contributed by atoms with Crippen LogP contribution in [0.5, 0.6) is 5.75 Å². The van der Waals surface area contributed by atoms with Crippen molar-refractivity contribution in [3.63, 3.8) is 0 Å². The molecule has 146 valence electrons. The molecule has 1 aromatic carbocycles. The van der Waals surface area contributed by atoms with Gasteiger partial charge in [0, 0.05) is 30.4 Å². The lowest BCUT2D eigenvalue weighted by Crippen LogP contribution is -2.49. The van der Waals surface area contributed by atoms with Gasteiger partial charge in [0.1, 0.15) is 11.4 Å². The Labute approximate surface area is 164 Å². The molecule has 3 aromatic rings. The Morgan fingerprint density at radius 2 is 1.75 bits per heavy atom. The molecule has 0 radical (unpaired) electrons. The van der Waals surface area contributed by atoms with Crippen LogP contribution in [0.2, 0.25) is 0 Å². The number of aromatic hydroxyl groups is 1. The first kappa shape index (κ1) is 18.4. The van der Waals surface area contributed by atoms with Crippen LogP contribution in [-0.2, 0) is 0 Å². The first-order chi connectivity index (χ1) is 13.2. The number of rotatable bonds is 3. The molecule has 0 amide bonds. The summed E-state index contributed by atoms with van der Waals surface area (Å²) in [6.45, 7) is 10.9. The van der Waals surface area contributed by atoms with Crippen molar-refractivity contribution >= 4 is 5.95 Å². The maximum Gasteiger partial charge on any atom is 0.245 e. The predicted molar refractivity (Wildman–Crippen MR) is 109 cm³/mol. The summed E-state index contributed by atoms with van der Waals surface area (Å²) in [7, 11) is 0. The van der Waals surface area contributed by atoms with E-state index < -0.39 is 0 Å². The number of phenols is 1. The molecule has 0 spiro atoms. The standard InChI is InChI=1S/C21H26N6O/c1-20(2)11-21(3,4)13-27(12-20)19-22-10-17(25-26-19)16-6-5-14(7-18(16)28)15-8-23-24-9-15/h5-10,28H,11-13H2,1-4H3,(H,23,24). The maximum atomic E-state index is 10.5. The highest BCUT2D eigenvalue weighted by molar-refractivity contribution is 5.73. The summed E-state index contributed by atoms with van der Waals surface area (Å²) in [4.78, 5) is 6.76. The summed E-state index contributed by atoms with van der Waals surface area (Å²) >= 11 is 0. The Hall–Kier alpha value is -2.96. The molecule has 28 heavy (non-hydrogen) atoms. The van der Waals surface area contributed by atoms with Gasteiger partial charge in [-0.15, -0.1) is 10.2 Å². The van der Waals surface area contributed by atoms with Crippen molar-refractivity contribution in [1.29, 1.82) is 0 Å². The zero-order chi connectivity index (χ0) is 19.9. The maximum absolute atomic E-state index is 10.5. The van der Waals surface area contributed by atoms with Gasteiger partial charge in [0.15, 0.2) is 0 Å². The van der Waals surface area contributed by atoms with Crippen LogP contribution < -0.4 is 4.90 Å². The number of benzene rings is 1. The number of hydrogen-bond acceptors (Lipinski definition) is 6. The highest BCUT2D eigenvalue weighted by Crippen LogP contribution is 2.40. The minimum atomic E-state index is 0.141. The molecule has 1 fully saturated rings. The topological polar surface area (TPSA) is 90.8 Å². The SMILES string of the molecule is CC1(C)CN(c2ncc(-c3ccc(-c4cn[nH]c4)cc3O)nn2)CC(C)(C)C1. The van der Waals surface area contributed by atoms with E-state index in [4.69, 9.17) is 0 Å². The fourth-order valence-electron chi connectivity index (χ4n) is 4.51. The Balaban J connectivity index is 1.58. The number of nitrogens with zero attached hydrogens (tertiary/aromatic N) is 5. The van der Waals surface area contributed by atoms with Crippen LogP contribution in [0.4, 0.5) is 5.95 Å². The zero-order valence-electron chi connectivity index (χ0n) is 16.8. The lowest BCUT2D eigenvalue weighted by Gasteiger charge is -2.46. The van der Waals surface area contributed by atoms with Crippen molar-refractivity contribution in [3.8, 4) is 28.1 Å². The van der Waals surface area contributed by atoms with Gasteiger partial charge in [-0.05, 0) is 34.9 Å². The number of nitrogens with one attached hydrogen (secondary N) is 1. The van der Waals surface area contributed by atoms with Gasteiger partial charge in [0.2, 0.25) is 5.95 Å². The number of aromatic nitrogens is 5. The van der Waals surface area contributed by atoms with E-state index in [1.54, 1.807) is 24.7 Å². The average molecular weight is 378 g/mol. The Bertz CT molecular complexity index is 947. The van der Waals surface area contributed by atoms with Crippen LogP contribution in [-0.4, -0.2) is 43.6 Å². The van der Waals surface area contributed by atoms with Crippen molar-refractivity contribution in [1.82, 2.24) is 25.4 Å². The van der Waals surface area contributed by atoms with Crippen molar-refractivity contribution in [3.05, 3.63) is 36.8 Å². The average Bonchev–Trinajstić information content (AvgIpc) is 3.14. The summed E-state index contributed by atoms with van der Waals surface area (Å²) in [5, 5.41) is 25.9. The highest BCUT2D eigenvalue weighted by Gasteiger charge is 2.38. The lowest BCUT2D eigenvalue weighted by atomic mass is 9.71. The van der Waals surface area contributed by atoms with Crippen LogP contribution in [0.1, 0.15) is 34.1 Å². The van der Waals surface area contributed by atoms with Crippen LogP contribution in [0.3, 0.4) is 0 Å². The molecule has 2 aromatic heterocycles. The first-order valence-electron chi connectivity index (χ1n) is 9.50. The van der Waals surface area contributed by atoms with Gasteiger partial charge >= 0.3 is 0 Å². The van der Waals surface area contributed by atoms with E-state index in [9.17, 15) is 5.11 Å². The van der Waals surface area contributed by atoms with E-state index in [0.717, 1.165) is 24.2 Å². The van der Waals surface area contributed by atoms with E-state index in [0.29, 0.717) is 17.2 Å². The van der Waals surface area contributed by atoms with Crippen molar-refractivity contribution in [2.75, 3.05) is 18.0 Å². The fraction of sp³-hybridized carbons (Fsp3) is 0.429. The molecule has 4 rings (SSSR count). The molecule has 0 saturated carbocycles. The predicted octanol–water partition coefficient (Wildman–Crippen LogP) is 3.90. The number of anilines is 1. The third-order valence-electron chi connectivity index (χ3n) is 5.13. The second-order valence-corrected chi connectivity index (χ2v) is 9.22. The fourth-order valence-corrected chi connectivity index (χ4v) is 4.51. The van der Waals surface area contributed by atoms with E-state index in [2.05, 4.69) is 58.0 Å². The molecule has 7 nitrogen and oxygen atoms in total. The molecule has 0 atom stereocenters. The third kappa shape index (κ3) is 3.69. The zero-order valence-corrected chi connectivity index (χ0v) is 16.8. The van der Waals surface area contributed by atoms with E-state index in [-0.39, 0.29) is 16.6 Å². The number of piperidine rings is 1. The Morgan fingerprint density at radius 3 is 2.32 bits per heavy atom. The van der Waals surface area contributed by atoms with Crippen molar-refractivity contribution in [2.24, 2.45) is 10.8 Å². The third-order valence-corrected chi connectivity index (χ3v) is 5.13. The number of aromatic amines is 1. The Morgan fingerprint density at radius 1 is 1.00 bits per heavy atom. The highest BCUT2D eigenvalue weighted by atomic mass is 16.3. The van der Waals surface area contributed by atoms with Gasteiger partial charge in [-0.25, -0.2) is 4.98 Å². The van der Waals surface area contributed by atoms with Crippen LogP contribution in [0, 0.1) is 10.8 Å². The minimum absolute atomic E-state index is 0.141. The van der Waals surface area contributed by atoms with Crippen molar-refractivity contribution in [2.45, 2.75) is 34.1 Å². The molecule has 7 heteroatoms. The van der Waals surface area contributed by atoms with Crippen molar-refractivity contribution < 1.29 is 5.11 Å². The normalized spacial score (nSPS) is 18.2. The van der Waals surface area contributed by atoms with E-state index >= 15 is 0 Å². The van der Waals surface area contributed by atoms with Crippen LogP contribution >= 0.6 is 0 Å². The van der Waals surface area contributed by atoms with Gasteiger partial charge in [-0.3, -0.25) is 5.10 Å². The van der Waals surface area contributed by atoms with Gasteiger partial charge in [-0.1, -0.05) is 33.8 Å². The summed E-state index contributed by atoms with van der Waals surface area (Å²) < 4.78 is 0. The quantitative estimate of drug-likeness (QED) is 0.718. The second kappa shape index (κ2) is 6.58. The summed E-state index contributed by atoms with van der Waals surface area (Å²) in [5.41, 5.74) is 3.35. The molecular formula is C21H26N6O. The molecule has 0 aliphatic carbocycles. The second-order valence-electron chi connectivity index (χ2n) is 9.22. The number of hydrogen-bond donors (Lipinski definition) is 2. The number of H-pyrrole nitrogens is 1. The molecule has 2 N–H and O–H groups in total. The van der Waals surface area contributed by atoms with Gasteiger partial charge in [0.05, 0.1) is 12.4 Å². The monoisotopic (exact) mass is 378 g/mol. The van der Waals surface area contributed by atoms with Gasteiger partial charge in [-0.2, -0.15) is 5.10 Å². The smallest absolute Gasteiger partial charge is 0.245 e. The lowest BCUT2D eigenvalue weighted by molar-refractivity contribution is 0.157. The summed E-state index contributed by atoms with van der Waals surface area (Å²) in [6.07, 6.45) is 6.35. The molecule has 0 unspecified atom stereocenters. The van der Waals surface area contributed by atoms with E-state index in [1.807, 2.05) is 12.1 Å². The van der Waals surface area contributed by atoms with Gasteiger partial charge in [0.25, 0.3) is 0 Å². The molecule has 1 aliphatic heterocycles. The molecule has 1 aliphatic rings. The largest absolute Gasteiger partial charge is 0.507 e. The minimum Gasteiger partial charge on any atom is -0.507 e. The van der Waals surface area contributed by atoms with Crippen LogP contribution in [0.15, 0.2) is 36.8 Å². The first-order valence-corrected chi connectivity index (χ1v) is 9.50. The Kier molecular flexibility index (Phi) is 4.33. The van der Waals surface area contributed by atoms with Crippen LogP contribution in [0.25, 0.3) is 22.4 Å². The van der Waals surface area contributed by atoms with E-state index in [1.165, 1.54) is 6.42 Å². The molecular weight excluding hydrogens is 352 g/mol. The molecule has 3 heterocycles.